The fourth-order valence-corrected chi connectivity index (χ4v) is 2.60. The molecule has 1 aliphatic heterocycles. The molecule has 0 spiro atoms. The Bertz CT molecular complexity index is 396. The van der Waals surface area contributed by atoms with Gasteiger partial charge in [-0.3, -0.25) is 0 Å². The third kappa shape index (κ3) is 1.45. The molecular formula is C11H12ClF2N. The molecule has 1 saturated heterocycles. The fourth-order valence-electron chi connectivity index (χ4n) is 2.60. The second-order valence-corrected chi connectivity index (χ2v) is 4.32. The number of rotatable bonds is 1. The van der Waals surface area contributed by atoms with Gasteiger partial charge in [0.05, 0.1) is 0 Å². The summed E-state index contributed by atoms with van der Waals surface area (Å²) in [5.41, 5.74) is 1.07. The third-order valence-electron chi connectivity index (χ3n) is 3.56. The molecule has 1 N–H and O–H groups in total. The molecule has 1 aromatic carbocycles. The van der Waals surface area contributed by atoms with Crippen molar-refractivity contribution in [2.45, 2.75) is 11.8 Å². The van der Waals surface area contributed by atoms with Gasteiger partial charge in [-0.05, 0) is 36.6 Å². The predicted molar refractivity (Wildman–Crippen MR) is 56.3 cm³/mol. The Morgan fingerprint density at radius 1 is 1.27 bits per heavy atom. The molecule has 1 nitrogen and oxygen atoms in total. The smallest absolute Gasteiger partial charge is 0.159 e. The molecule has 1 heterocycles. The summed E-state index contributed by atoms with van der Waals surface area (Å²) in [7, 11) is 0. The van der Waals surface area contributed by atoms with Gasteiger partial charge in [-0.2, -0.15) is 0 Å². The quantitative estimate of drug-likeness (QED) is 0.782. The number of benzene rings is 1. The summed E-state index contributed by atoms with van der Waals surface area (Å²) >= 11 is 0. The number of piperidine rings is 1. The highest BCUT2D eigenvalue weighted by molar-refractivity contribution is 5.85. The molecule has 2 fully saturated rings. The minimum Gasteiger partial charge on any atom is -0.316 e. The monoisotopic (exact) mass is 231 g/mol. The molecule has 0 aromatic heterocycles. The molecule has 1 aliphatic carbocycles. The van der Waals surface area contributed by atoms with E-state index in [9.17, 15) is 8.78 Å². The van der Waals surface area contributed by atoms with Crippen molar-refractivity contribution < 1.29 is 8.78 Å². The van der Waals surface area contributed by atoms with Crippen LogP contribution < -0.4 is 5.32 Å². The Hall–Kier alpha value is -0.670. The van der Waals surface area contributed by atoms with Crippen LogP contribution >= 0.6 is 12.4 Å². The van der Waals surface area contributed by atoms with Crippen LogP contribution in [0.2, 0.25) is 0 Å². The van der Waals surface area contributed by atoms with Crippen molar-refractivity contribution in [3.05, 3.63) is 35.4 Å². The minimum absolute atomic E-state index is 0. The molecule has 2 unspecified atom stereocenters. The molecular weight excluding hydrogens is 220 g/mol. The van der Waals surface area contributed by atoms with E-state index in [-0.39, 0.29) is 17.8 Å². The Morgan fingerprint density at radius 2 is 2.07 bits per heavy atom. The molecule has 82 valence electrons. The lowest BCUT2D eigenvalue weighted by Crippen LogP contribution is -2.19. The van der Waals surface area contributed by atoms with Crippen molar-refractivity contribution in [1.29, 1.82) is 0 Å². The van der Waals surface area contributed by atoms with Gasteiger partial charge in [-0.15, -0.1) is 12.4 Å². The molecule has 0 radical (unpaired) electrons. The summed E-state index contributed by atoms with van der Waals surface area (Å²) < 4.78 is 25.8. The lowest BCUT2D eigenvalue weighted by molar-refractivity contribution is 0.504. The van der Waals surface area contributed by atoms with Crippen molar-refractivity contribution >= 4 is 12.4 Å². The van der Waals surface area contributed by atoms with E-state index in [0.29, 0.717) is 5.92 Å². The average molecular weight is 232 g/mol. The van der Waals surface area contributed by atoms with E-state index in [2.05, 4.69) is 5.32 Å². The number of hydrogen-bond acceptors (Lipinski definition) is 1. The van der Waals surface area contributed by atoms with Crippen LogP contribution in [0.5, 0.6) is 0 Å². The summed E-state index contributed by atoms with van der Waals surface area (Å²) in [6.45, 7) is 1.92. The first-order valence-corrected chi connectivity index (χ1v) is 4.89. The van der Waals surface area contributed by atoms with E-state index in [4.69, 9.17) is 0 Å². The first-order valence-electron chi connectivity index (χ1n) is 4.89. The highest BCUT2D eigenvalue weighted by Crippen LogP contribution is 2.56. The van der Waals surface area contributed by atoms with Crippen molar-refractivity contribution in [2.75, 3.05) is 13.1 Å². The van der Waals surface area contributed by atoms with Crippen molar-refractivity contribution in [1.82, 2.24) is 5.32 Å². The standard InChI is InChI=1S/C11H11F2N.ClH/c12-9-2-1-7(3-10(9)13)11-4-8(11)5-14-6-11;/h1-3,8,14H,4-6H2;1H. The van der Waals surface area contributed by atoms with E-state index in [1.807, 2.05) is 0 Å². The van der Waals surface area contributed by atoms with Crippen LogP contribution in [-0.2, 0) is 5.41 Å². The van der Waals surface area contributed by atoms with E-state index in [1.165, 1.54) is 12.1 Å². The zero-order valence-corrected chi connectivity index (χ0v) is 8.91. The SMILES string of the molecule is Cl.Fc1ccc(C23CNCC2C3)cc1F. The van der Waals surface area contributed by atoms with Gasteiger partial charge in [-0.25, -0.2) is 8.78 Å². The van der Waals surface area contributed by atoms with E-state index >= 15 is 0 Å². The third-order valence-corrected chi connectivity index (χ3v) is 3.56. The van der Waals surface area contributed by atoms with E-state index in [0.717, 1.165) is 25.1 Å². The van der Waals surface area contributed by atoms with Crippen molar-refractivity contribution in [2.24, 2.45) is 5.92 Å². The van der Waals surface area contributed by atoms with Gasteiger partial charge in [0.1, 0.15) is 0 Å². The average Bonchev–Trinajstić information content (AvgIpc) is 2.75. The van der Waals surface area contributed by atoms with Crippen LogP contribution in [0.4, 0.5) is 8.78 Å². The number of halogens is 3. The highest BCUT2D eigenvalue weighted by Gasteiger charge is 2.58. The summed E-state index contributed by atoms with van der Waals surface area (Å²) in [5.74, 6) is -0.852. The van der Waals surface area contributed by atoms with Crippen LogP contribution in [0, 0.1) is 17.6 Å². The van der Waals surface area contributed by atoms with Gasteiger partial charge in [-0.1, -0.05) is 6.07 Å². The van der Waals surface area contributed by atoms with Crippen LogP contribution in [0.25, 0.3) is 0 Å². The summed E-state index contributed by atoms with van der Waals surface area (Å²) in [4.78, 5) is 0. The fraction of sp³-hybridized carbons (Fsp3) is 0.455. The van der Waals surface area contributed by atoms with Crippen molar-refractivity contribution in [3.8, 4) is 0 Å². The summed E-state index contributed by atoms with van der Waals surface area (Å²) in [6.07, 6.45) is 1.12. The van der Waals surface area contributed by atoms with Gasteiger partial charge >= 0.3 is 0 Å². The molecule has 1 saturated carbocycles. The van der Waals surface area contributed by atoms with Crippen LogP contribution in [0.15, 0.2) is 18.2 Å². The molecule has 1 aromatic rings. The summed E-state index contributed by atoms with van der Waals surface area (Å²) in [5, 5.41) is 3.28. The lowest BCUT2D eigenvalue weighted by atomic mass is 9.95. The van der Waals surface area contributed by atoms with E-state index < -0.39 is 11.6 Å². The Morgan fingerprint density at radius 3 is 2.60 bits per heavy atom. The van der Waals surface area contributed by atoms with E-state index in [1.54, 1.807) is 6.07 Å². The molecule has 0 bridgehead atoms. The maximum atomic E-state index is 13.0. The van der Waals surface area contributed by atoms with Gasteiger partial charge in [0.15, 0.2) is 11.6 Å². The largest absolute Gasteiger partial charge is 0.316 e. The second kappa shape index (κ2) is 3.42. The molecule has 0 amide bonds. The van der Waals surface area contributed by atoms with Gasteiger partial charge in [0.2, 0.25) is 0 Å². The Labute approximate surface area is 93.3 Å². The summed E-state index contributed by atoms with van der Waals surface area (Å²) in [6, 6.07) is 4.29. The van der Waals surface area contributed by atoms with Gasteiger partial charge < -0.3 is 5.32 Å². The normalized spacial score (nSPS) is 32.0. The number of fused-ring (bicyclic) bond motifs is 1. The van der Waals surface area contributed by atoms with Crippen LogP contribution in [-0.4, -0.2) is 13.1 Å². The number of nitrogens with one attached hydrogen (secondary N) is 1. The molecule has 15 heavy (non-hydrogen) atoms. The molecule has 3 rings (SSSR count). The highest BCUT2D eigenvalue weighted by atomic mass is 35.5. The van der Waals surface area contributed by atoms with Crippen LogP contribution in [0.1, 0.15) is 12.0 Å². The first-order chi connectivity index (χ1) is 6.72. The number of hydrogen-bond donors (Lipinski definition) is 1. The zero-order valence-electron chi connectivity index (χ0n) is 8.09. The molecule has 2 aliphatic rings. The Kier molecular flexibility index (Phi) is 2.47. The molecule has 4 heteroatoms. The topological polar surface area (TPSA) is 12.0 Å². The maximum absolute atomic E-state index is 13.0. The lowest BCUT2D eigenvalue weighted by Gasteiger charge is -2.12. The second-order valence-electron chi connectivity index (χ2n) is 4.32. The first kappa shape index (κ1) is 10.8. The van der Waals surface area contributed by atoms with Crippen LogP contribution in [0.3, 0.4) is 0 Å². The molecule has 2 atom stereocenters. The van der Waals surface area contributed by atoms with Gasteiger partial charge in [0.25, 0.3) is 0 Å². The Balaban J connectivity index is 0.000000853. The predicted octanol–water partition coefficient (Wildman–Crippen LogP) is 2.25. The minimum atomic E-state index is -0.756. The van der Waals surface area contributed by atoms with Crippen molar-refractivity contribution in [3.63, 3.8) is 0 Å². The van der Waals surface area contributed by atoms with Gasteiger partial charge in [0, 0.05) is 12.0 Å². The maximum Gasteiger partial charge on any atom is 0.159 e. The zero-order chi connectivity index (χ0) is 9.76.